The van der Waals surface area contributed by atoms with E-state index in [1.165, 1.54) is 57.8 Å². The molecule has 0 heterocycles. The van der Waals surface area contributed by atoms with Crippen LogP contribution in [0.4, 0.5) is 0 Å². The predicted molar refractivity (Wildman–Crippen MR) is 205 cm³/mol. The summed E-state index contributed by atoms with van der Waals surface area (Å²) in [6, 6.07) is 7.14. The molecule has 0 spiro atoms. The van der Waals surface area contributed by atoms with E-state index in [0.717, 1.165) is 95.5 Å². The summed E-state index contributed by atoms with van der Waals surface area (Å²) in [6.07, 6.45) is 44.6. The molecule has 0 radical (unpaired) electrons. The normalized spacial score (nSPS) is 12.6. The molecule has 0 aromatic heterocycles. The first-order valence-electron chi connectivity index (χ1n) is 19.7. The summed E-state index contributed by atoms with van der Waals surface area (Å²) in [4.78, 5) is 25.6. The number of benzene rings is 1. The van der Waals surface area contributed by atoms with Gasteiger partial charge in [0, 0.05) is 6.42 Å². The molecule has 1 rings (SSSR count). The summed E-state index contributed by atoms with van der Waals surface area (Å²) in [5.74, 6) is -0.798. The number of carbonyl (C=O) groups is 2. The highest BCUT2D eigenvalue weighted by molar-refractivity contribution is 5.86. The van der Waals surface area contributed by atoms with Gasteiger partial charge in [-0.25, -0.2) is 0 Å². The van der Waals surface area contributed by atoms with Crippen molar-refractivity contribution >= 4 is 11.9 Å². The Hall–Kier alpha value is -2.88. The van der Waals surface area contributed by atoms with Crippen LogP contribution in [0.15, 0.2) is 72.9 Å². The van der Waals surface area contributed by atoms with Crippen LogP contribution in [0.25, 0.3) is 0 Å². The zero-order chi connectivity index (χ0) is 34.8. The third-order valence-corrected chi connectivity index (χ3v) is 8.85. The largest absolute Gasteiger partial charge is 0.508 e. The fraction of sp³-hybridized carbons (Fsp3) is 0.636. The zero-order valence-corrected chi connectivity index (χ0v) is 30.9. The van der Waals surface area contributed by atoms with Gasteiger partial charge in [-0.2, -0.15) is 0 Å². The van der Waals surface area contributed by atoms with Crippen LogP contribution < -0.4 is 0 Å². The van der Waals surface area contributed by atoms with Gasteiger partial charge in [0.1, 0.15) is 5.75 Å². The van der Waals surface area contributed by atoms with Crippen molar-refractivity contribution < 1.29 is 19.4 Å². The molecule has 4 nitrogen and oxygen atoms in total. The van der Waals surface area contributed by atoms with Gasteiger partial charge in [-0.3, -0.25) is 9.59 Å². The summed E-state index contributed by atoms with van der Waals surface area (Å²) in [5, 5.41) is 9.60. The van der Waals surface area contributed by atoms with Crippen LogP contribution in [-0.2, 0) is 20.7 Å². The number of aryl methyl sites for hydroxylation is 1. The van der Waals surface area contributed by atoms with Gasteiger partial charge in [0.2, 0.25) is 0 Å². The minimum atomic E-state index is -0.386. The molecule has 48 heavy (non-hydrogen) atoms. The maximum absolute atomic E-state index is 13.0. The highest BCUT2D eigenvalue weighted by Gasteiger charge is 2.22. The van der Waals surface area contributed by atoms with Gasteiger partial charge in [-0.05, 0) is 108 Å². The summed E-state index contributed by atoms with van der Waals surface area (Å²) < 4.78 is 5.36. The third-order valence-electron chi connectivity index (χ3n) is 8.85. The molecule has 270 valence electrons. The molecule has 0 aliphatic rings. The number of phenolic OH excluding ortho intramolecular Hbond substituents is 1. The van der Waals surface area contributed by atoms with E-state index in [-0.39, 0.29) is 23.6 Å². The Kier molecular flexibility index (Phi) is 29.4. The number of esters is 2. The fourth-order valence-corrected chi connectivity index (χ4v) is 5.74. The number of unbranched alkanes of at least 4 members (excludes halogenated alkanes) is 15. The molecule has 0 fully saturated rings. The lowest BCUT2D eigenvalue weighted by Gasteiger charge is -2.15. The van der Waals surface area contributed by atoms with Gasteiger partial charge in [0.15, 0.2) is 0 Å². The fourth-order valence-electron chi connectivity index (χ4n) is 5.74. The molecule has 0 aliphatic carbocycles. The smallest absolute Gasteiger partial charge is 0.316 e. The second kappa shape index (κ2) is 32.7. The molecule has 0 saturated heterocycles. The van der Waals surface area contributed by atoms with Crippen molar-refractivity contribution in [3.8, 4) is 5.75 Å². The van der Waals surface area contributed by atoms with Gasteiger partial charge < -0.3 is 9.84 Å². The Balaban J connectivity index is 2.27. The van der Waals surface area contributed by atoms with Crippen LogP contribution in [-0.4, -0.2) is 17.0 Å². The SMILES string of the molecule is CCCCC/C=C\C/C=C\CCCCCCCC(=O)OC(=O)C(CCCCCC/C=C\C/C=C\CCCCC)CCc1ccc(O)cc1. The van der Waals surface area contributed by atoms with Crippen molar-refractivity contribution in [2.75, 3.05) is 0 Å². The van der Waals surface area contributed by atoms with Crippen molar-refractivity contribution in [3.05, 3.63) is 78.4 Å². The number of aromatic hydroxyl groups is 1. The second-order valence-corrected chi connectivity index (χ2v) is 13.3. The molecule has 0 bridgehead atoms. The topological polar surface area (TPSA) is 63.6 Å². The van der Waals surface area contributed by atoms with E-state index in [9.17, 15) is 14.7 Å². The monoisotopic (exact) mass is 663 g/mol. The van der Waals surface area contributed by atoms with Crippen LogP contribution in [0.3, 0.4) is 0 Å². The molecule has 1 aromatic rings. The molecular formula is C44H70O4. The van der Waals surface area contributed by atoms with Crippen LogP contribution in [0, 0.1) is 5.92 Å². The number of hydrogen-bond donors (Lipinski definition) is 1. The first-order valence-corrected chi connectivity index (χ1v) is 19.7. The Labute approximate surface area is 295 Å². The second-order valence-electron chi connectivity index (χ2n) is 13.3. The molecule has 4 heteroatoms. The van der Waals surface area contributed by atoms with Gasteiger partial charge in [0.25, 0.3) is 0 Å². The molecular weight excluding hydrogens is 592 g/mol. The molecule has 1 N–H and O–H groups in total. The molecule has 0 saturated carbocycles. The highest BCUT2D eigenvalue weighted by Crippen LogP contribution is 2.21. The van der Waals surface area contributed by atoms with E-state index in [1.807, 2.05) is 12.1 Å². The Bertz CT molecular complexity index is 1020. The highest BCUT2D eigenvalue weighted by atomic mass is 16.6. The summed E-state index contributed by atoms with van der Waals surface area (Å²) in [6.45, 7) is 4.48. The number of rotatable bonds is 31. The maximum atomic E-state index is 13.0. The number of phenols is 1. The van der Waals surface area contributed by atoms with Gasteiger partial charge in [-0.1, -0.05) is 139 Å². The number of carbonyl (C=O) groups excluding carboxylic acids is 2. The van der Waals surface area contributed by atoms with Gasteiger partial charge in [0.05, 0.1) is 5.92 Å². The third kappa shape index (κ3) is 27.1. The lowest BCUT2D eigenvalue weighted by Crippen LogP contribution is -2.22. The molecule has 0 aliphatic heterocycles. The van der Waals surface area contributed by atoms with E-state index >= 15 is 0 Å². The van der Waals surface area contributed by atoms with Crippen molar-refractivity contribution in [3.63, 3.8) is 0 Å². The Morgan fingerprint density at radius 2 is 1.04 bits per heavy atom. The number of ether oxygens (including phenoxy) is 1. The van der Waals surface area contributed by atoms with Crippen molar-refractivity contribution in [1.82, 2.24) is 0 Å². The molecule has 1 atom stereocenters. The average molecular weight is 663 g/mol. The summed E-state index contributed by atoms with van der Waals surface area (Å²) in [7, 11) is 0. The van der Waals surface area contributed by atoms with Crippen molar-refractivity contribution in [1.29, 1.82) is 0 Å². The van der Waals surface area contributed by atoms with Gasteiger partial charge in [-0.15, -0.1) is 0 Å². The van der Waals surface area contributed by atoms with Gasteiger partial charge >= 0.3 is 11.9 Å². The molecule has 1 unspecified atom stereocenters. The first kappa shape index (κ1) is 43.1. The summed E-state index contributed by atoms with van der Waals surface area (Å²) >= 11 is 0. The average Bonchev–Trinajstić information content (AvgIpc) is 3.08. The minimum absolute atomic E-state index is 0.238. The van der Waals surface area contributed by atoms with E-state index in [0.29, 0.717) is 12.8 Å². The Morgan fingerprint density at radius 3 is 1.56 bits per heavy atom. The van der Waals surface area contributed by atoms with E-state index in [2.05, 4.69) is 62.5 Å². The molecule has 1 aromatic carbocycles. The van der Waals surface area contributed by atoms with Crippen LogP contribution in [0.2, 0.25) is 0 Å². The molecule has 0 amide bonds. The summed E-state index contributed by atoms with van der Waals surface area (Å²) in [5.41, 5.74) is 1.07. The zero-order valence-electron chi connectivity index (χ0n) is 30.9. The van der Waals surface area contributed by atoms with E-state index in [4.69, 9.17) is 4.74 Å². The lowest BCUT2D eigenvalue weighted by molar-refractivity contribution is -0.163. The van der Waals surface area contributed by atoms with Crippen LogP contribution in [0.1, 0.15) is 174 Å². The number of allylic oxidation sites excluding steroid dienone is 8. The first-order chi connectivity index (χ1) is 23.6. The van der Waals surface area contributed by atoms with Crippen LogP contribution >= 0.6 is 0 Å². The maximum Gasteiger partial charge on any atom is 0.316 e. The standard InChI is InChI=1S/C44H70O4/c1-3-5-7-9-11-13-15-17-19-21-23-25-27-29-31-33-43(46)48-44(47)41(37-34-40-35-38-42(45)39-36-40)32-30-28-26-24-22-20-18-16-14-12-10-8-6-4-2/h11-14,17-20,35-36,38-39,41,45H,3-10,15-16,21-34,37H2,1-2H3/b13-11-,14-12-,19-17-,20-18-. The van der Waals surface area contributed by atoms with E-state index < -0.39 is 0 Å². The number of hydrogen-bond acceptors (Lipinski definition) is 4. The van der Waals surface area contributed by atoms with E-state index in [1.54, 1.807) is 12.1 Å². The minimum Gasteiger partial charge on any atom is -0.508 e. The van der Waals surface area contributed by atoms with Crippen LogP contribution in [0.5, 0.6) is 5.75 Å². The quantitative estimate of drug-likeness (QED) is 0.0372. The lowest BCUT2D eigenvalue weighted by atomic mass is 9.93. The van der Waals surface area contributed by atoms with Crippen molar-refractivity contribution in [2.45, 2.75) is 174 Å². The predicted octanol–water partition coefficient (Wildman–Crippen LogP) is 13.2. The Morgan fingerprint density at radius 1 is 0.583 bits per heavy atom. The van der Waals surface area contributed by atoms with Crippen molar-refractivity contribution in [2.24, 2.45) is 5.92 Å².